The first-order valence-electron chi connectivity index (χ1n) is 8.90. The van der Waals surface area contributed by atoms with E-state index >= 15 is 0 Å². The first-order chi connectivity index (χ1) is 13.0. The third-order valence-corrected chi connectivity index (χ3v) is 5.62. The van der Waals surface area contributed by atoms with Crippen molar-refractivity contribution in [1.29, 1.82) is 0 Å². The van der Waals surface area contributed by atoms with E-state index in [-0.39, 0.29) is 24.5 Å². The van der Waals surface area contributed by atoms with Crippen LogP contribution in [0.15, 0.2) is 23.1 Å². The van der Waals surface area contributed by atoms with Crippen LogP contribution in [-0.4, -0.2) is 35.9 Å². The monoisotopic (exact) mass is 406 g/mol. The summed E-state index contributed by atoms with van der Waals surface area (Å²) in [5.74, 6) is 0.657. The van der Waals surface area contributed by atoms with Crippen LogP contribution in [0.4, 0.5) is 0 Å². The molecule has 0 bridgehead atoms. The molecule has 144 valence electrons. The Kier molecular flexibility index (Phi) is 6.73. The molecule has 0 spiro atoms. The van der Waals surface area contributed by atoms with Gasteiger partial charge >= 0.3 is 0 Å². The molecule has 27 heavy (non-hydrogen) atoms. The van der Waals surface area contributed by atoms with Gasteiger partial charge < -0.3 is 20.1 Å². The van der Waals surface area contributed by atoms with Crippen molar-refractivity contribution in [3.63, 3.8) is 0 Å². The molecule has 1 heterocycles. The number of carbonyl (C=O) groups is 2. The third-order valence-electron chi connectivity index (χ3n) is 4.46. The number of carbonyl (C=O) groups excluding carboxylic acids is 2. The van der Waals surface area contributed by atoms with Crippen LogP contribution >= 0.6 is 24.0 Å². The minimum atomic E-state index is -0.205. The topological polar surface area (TPSA) is 76.7 Å². The molecule has 1 aliphatic carbocycles. The predicted octanol–water partition coefficient (Wildman–Crippen LogP) is 3.01. The molecule has 1 saturated carbocycles. The van der Waals surface area contributed by atoms with E-state index in [1.165, 1.54) is 25.3 Å². The van der Waals surface area contributed by atoms with Crippen LogP contribution in [0.2, 0.25) is 0 Å². The molecule has 3 rings (SSSR count). The van der Waals surface area contributed by atoms with Gasteiger partial charge in [-0.05, 0) is 36.6 Å². The number of ether oxygens (including phenoxy) is 2. The summed E-state index contributed by atoms with van der Waals surface area (Å²) >= 11 is 6.21. The zero-order valence-corrected chi connectivity index (χ0v) is 16.7. The Balaban J connectivity index is 1.60. The van der Waals surface area contributed by atoms with Gasteiger partial charge in [0.15, 0.2) is 18.1 Å². The lowest BCUT2D eigenvalue weighted by atomic mass is 9.95. The van der Waals surface area contributed by atoms with E-state index < -0.39 is 0 Å². The zero-order valence-electron chi connectivity index (χ0n) is 15.1. The van der Waals surface area contributed by atoms with E-state index in [0.717, 1.165) is 31.2 Å². The van der Waals surface area contributed by atoms with Gasteiger partial charge in [-0.25, -0.2) is 0 Å². The first-order valence-corrected chi connectivity index (χ1v) is 10.1. The molecule has 1 aliphatic heterocycles. The summed E-state index contributed by atoms with van der Waals surface area (Å²) < 4.78 is 11.4. The van der Waals surface area contributed by atoms with Gasteiger partial charge in [-0.2, -0.15) is 0 Å². The van der Waals surface area contributed by atoms with Crippen LogP contribution in [0.25, 0.3) is 6.08 Å². The SMILES string of the molecule is COc1cc(/C=C2/SC(=S)NC2=O)ccc1OCC(=O)NC1CCCCC1. The summed E-state index contributed by atoms with van der Waals surface area (Å²) in [4.78, 5) is 24.4. The van der Waals surface area contributed by atoms with Gasteiger partial charge in [-0.15, -0.1) is 0 Å². The number of hydrogen-bond donors (Lipinski definition) is 2. The van der Waals surface area contributed by atoms with Gasteiger partial charge in [0, 0.05) is 6.04 Å². The molecule has 0 atom stereocenters. The van der Waals surface area contributed by atoms with Gasteiger partial charge in [0.1, 0.15) is 4.32 Å². The minimum absolute atomic E-state index is 0.0557. The number of methoxy groups -OCH3 is 1. The molecule has 0 aromatic heterocycles. The molecule has 8 heteroatoms. The lowest BCUT2D eigenvalue weighted by Crippen LogP contribution is -2.39. The van der Waals surface area contributed by atoms with Crippen molar-refractivity contribution in [2.75, 3.05) is 13.7 Å². The fourth-order valence-corrected chi connectivity index (χ4v) is 4.17. The van der Waals surface area contributed by atoms with Gasteiger partial charge in [-0.1, -0.05) is 49.3 Å². The Morgan fingerprint density at radius 1 is 1.33 bits per heavy atom. The molecule has 1 saturated heterocycles. The molecular formula is C19H22N2O4S2. The first kappa shape index (κ1) is 19.7. The maximum atomic E-state index is 12.1. The molecule has 0 unspecified atom stereocenters. The van der Waals surface area contributed by atoms with Gasteiger partial charge in [0.25, 0.3) is 11.8 Å². The Morgan fingerprint density at radius 2 is 2.11 bits per heavy atom. The molecule has 2 aliphatic rings. The van der Waals surface area contributed by atoms with Crippen LogP contribution in [0, 0.1) is 0 Å². The van der Waals surface area contributed by atoms with Crippen molar-refractivity contribution >= 4 is 46.2 Å². The zero-order chi connectivity index (χ0) is 19.2. The van der Waals surface area contributed by atoms with Crippen molar-refractivity contribution in [1.82, 2.24) is 10.6 Å². The van der Waals surface area contributed by atoms with Crippen molar-refractivity contribution in [3.8, 4) is 11.5 Å². The van der Waals surface area contributed by atoms with Crippen molar-refractivity contribution in [3.05, 3.63) is 28.7 Å². The summed E-state index contributed by atoms with van der Waals surface area (Å²) in [6, 6.07) is 5.55. The molecular weight excluding hydrogens is 384 g/mol. The fraction of sp³-hybridized carbons (Fsp3) is 0.421. The maximum Gasteiger partial charge on any atom is 0.263 e. The van der Waals surface area contributed by atoms with E-state index in [2.05, 4.69) is 10.6 Å². The number of thiocarbonyl (C=S) groups is 1. The van der Waals surface area contributed by atoms with Crippen molar-refractivity contribution in [2.24, 2.45) is 0 Å². The highest BCUT2D eigenvalue weighted by Crippen LogP contribution is 2.31. The summed E-state index contributed by atoms with van der Waals surface area (Å²) in [7, 11) is 1.54. The number of rotatable bonds is 6. The second-order valence-corrected chi connectivity index (χ2v) is 8.17. The number of hydrogen-bond acceptors (Lipinski definition) is 6. The molecule has 1 aromatic carbocycles. The normalized spacial score (nSPS) is 19.1. The number of thioether (sulfide) groups is 1. The molecule has 6 nitrogen and oxygen atoms in total. The number of amides is 2. The average molecular weight is 407 g/mol. The van der Waals surface area contributed by atoms with E-state index in [4.69, 9.17) is 21.7 Å². The molecule has 2 N–H and O–H groups in total. The standard InChI is InChI=1S/C19H22N2O4S2/c1-24-15-9-12(10-16-18(23)21-19(26)27-16)7-8-14(15)25-11-17(22)20-13-5-3-2-4-6-13/h7-10,13H,2-6,11H2,1H3,(H,20,22)(H,21,23,26)/b16-10+. The maximum absolute atomic E-state index is 12.1. The van der Waals surface area contributed by atoms with E-state index in [0.29, 0.717) is 20.7 Å². The quantitative estimate of drug-likeness (QED) is 0.559. The smallest absolute Gasteiger partial charge is 0.263 e. The fourth-order valence-electron chi connectivity index (χ4n) is 3.13. The Hall–Kier alpha value is -2.06. The Bertz CT molecular complexity index is 773. The van der Waals surface area contributed by atoms with E-state index in [1.807, 2.05) is 0 Å². The predicted molar refractivity (Wildman–Crippen MR) is 110 cm³/mol. The van der Waals surface area contributed by atoms with E-state index in [1.54, 1.807) is 24.3 Å². The highest BCUT2D eigenvalue weighted by molar-refractivity contribution is 8.26. The van der Waals surface area contributed by atoms with Gasteiger partial charge in [0.2, 0.25) is 0 Å². The van der Waals surface area contributed by atoms with Crippen LogP contribution < -0.4 is 20.1 Å². The number of benzene rings is 1. The summed E-state index contributed by atoms with van der Waals surface area (Å²) in [5.41, 5.74) is 0.785. The van der Waals surface area contributed by atoms with Crippen LogP contribution in [0.5, 0.6) is 11.5 Å². The largest absolute Gasteiger partial charge is 0.493 e. The summed E-state index contributed by atoms with van der Waals surface area (Å²) in [5, 5.41) is 5.60. The highest BCUT2D eigenvalue weighted by Gasteiger charge is 2.22. The molecule has 1 aromatic rings. The Morgan fingerprint density at radius 3 is 2.78 bits per heavy atom. The van der Waals surface area contributed by atoms with Crippen LogP contribution in [0.1, 0.15) is 37.7 Å². The van der Waals surface area contributed by atoms with Crippen LogP contribution in [-0.2, 0) is 9.59 Å². The summed E-state index contributed by atoms with van der Waals surface area (Å²) in [6.07, 6.45) is 7.38. The van der Waals surface area contributed by atoms with Crippen LogP contribution in [0.3, 0.4) is 0 Å². The highest BCUT2D eigenvalue weighted by atomic mass is 32.2. The molecule has 2 fully saturated rings. The lowest BCUT2D eigenvalue weighted by Gasteiger charge is -2.22. The second kappa shape index (κ2) is 9.23. The lowest BCUT2D eigenvalue weighted by molar-refractivity contribution is -0.124. The van der Waals surface area contributed by atoms with Crippen molar-refractivity contribution < 1.29 is 19.1 Å². The van der Waals surface area contributed by atoms with Gasteiger partial charge in [0.05, 0.1) is 12.0 Å². The average Bonchev–Trinajstić information content (AvgIpc) is 2.98. The summed E-state index contributed by atoms with van der Waals surface area (Å²) in [6.45, 7) is -0.0557. The molecule has 0 radical (unpaired) electrons. The second-order valence-electron chi connectivity index (χ2n) is 6.45. The van der Waals surface area contributed by atoms with Gasteiger partial charge in [-0.3, -0.25) is 9.59 Å². The van der Waals surface area contributed by atoms with Crippen molar-refractivity contribution in [2.45, 2.75) is 38.1 Å². The Labute approximate surface area is 168 Å². The number of nitrogens with one attached hydrogen (secondary N) is 2. The van der Waals surface area contributed by atoms with E-state index in [9.17, 15) is 9.59 Å². The molecule has 2 amide bonds. The third kappa shape index (κ3) is 5.46. The minimum Gasteiger partial charge on any atom is -0.493 e.